The minimum absolute atomic E-state index is 0.707. The second kappa shape index (κ2) is 8.38. The Bertz CT molecular complexity index is 846. The van der Waals surface area contributed by atoms with Crippen LogP contribution in [-0.2, 0) is 6.54 Å². The Labute approximate surface area is 153 Å². The molecule has 6 nitrogen and oxygen atoms in total. The number of nitrogens with zero attached hydrogens (tertiary/aromatic N) is 3. The molecule has 0 radical (unpaired) electrons. The summed E-state index contributed by atoms with van der Waals surface area (Å²) >= 11 is 0. The summed E-state index contributed by atoms with van der Waals surface area (Å²) in [5, 5.41) is 3.38. The predicted molar refractivity (Wildman–Crippen MR) is 103 cm³/mol. The smallest absolute Gasteiger partial charge is 0.171 e. The van der Waals surface area contributed by atoms with Crippen molar-refractivity contribution in [3.8, 4) is 22.9 Å². The zero-order chi connectivity index (χ0) is 18.4. The lowest BCUT2D eigenvalue weighted by Gasteiger charge is -2.15. The van der Waals surface area contributed by atoms with Gasteiger partial charge in [0.1, 0.15) is 5.82 Å². The molecule has 2 aromatic heterocycles. The van der Waals surface area contributed by atoms with E-state index in [-0.39, 0.29) is 0 Å². The van der Waals surface area contributed by atoms with E-state index in [2.05, 4.69) is 25.9 Å². The van der Waals surface area contributed by atoms with Crippen molar-refractivity contribution >= 4 is 5.69 Å². The highest BCUT2D eigenvalue weighted by Gasteiger charge is 2.16. The van der Waals surface area contributed by atoms with E-state index >= 15 is 0 Å². The molecule has 0 aliphatic heterocycles. The third kappa shape index (κ3) is 3.96. The van der Waals surface area contributed by atoms with Crippen molar-refractivity contribution in [2.24, 2.45) is 0 Å². The van der Waals surface area contributed by atoms with Gasteiger partial charge in [-0.3, -0.25) is 4.98 Å². The van der Waals surface area contributed by atoms with Crippen LogP contribution in [0.2, 0.25) is 0 Å². The van der Waals surface area contributed by atoms with E-state index < -0.39 is 0 Å². The monoisotopic (exact) mass is 352 g/mol. The molecule has 1 aromatic carbocycles. The van der Waals surface area contributed by atoms with Crippen molar-refractivity contribution in [3.05, 3.63) is 54.6 Å². The highest BCUT2D eigenvalue weighted by atomic mass is 16.5. The third-order valence-corrected chi connectivity index (χ3v) is 4.15. The fourth-order valence-corrected chi connectivity index (χ4v) is 2.95. The molecule has 136 valence electrons. The Morgan fingerprint density at radius 3 is 2.77 bits per heavy atom. The molecule has 0 amide bonds. The standard InChI is InChI=1S/C20H24N4O2/c1-15-12-17(19(26-3)18(13-15)25-2)20-23-9-11-24(20)10-5-8-22-16-6-4-7-21-14-16/h4,6-7,9,11-14,22H,5,8,10H2,1-3H3. The molecule has 0 atom stereocenters. The predicted octanol–water partition coefficient (Wildman–Crippen LogP) is 3.77. The summed E-state index contributed by atoms with van der Waals surface area (Å²) in [6.45, 7) is 3.75. The molecule has 3 aromatic rings. The maximum atomic E-state index is 5.59. The molecular weight excluding hydrogens is 328 g/mol. The Morgan fingerprint density at radius 2 is 2.04 bits per heavy atom. The second-order valence-corrected chi connectivity index (χ2v) is 6.01. The Kier molecular flexibility index (Phi) is 5.73. The fraction of sp³-hybridized carbons (Fsp3) is 0.300. The first-order valence-electron chi connectivity index (χ1n) is 8.61. The van der Waals surface area contributed by atoms with Gasteiger partial charge in [0, 0.05) is 37.9 Å². The molecule has 0 aliphatic carbocycles. The van der Waals surface area contributed by atoms with Gasteiger partial charge in [-0.05, 0) is 43.2 Å². The molecule has 6 heteroatoms. The molecular formula is C20H24N4O2. The van der Waals surface area contributed by atoms with Crippen LogP contribution in [0.4, 0.5) is 5.69 Å². The number of rotatable bonds is 8. The SMILES string of the molecule is COc1cc(C)cc(-c2nccn2CCCNc2cccnc2)c1OC. The van der Waals surface area contributed by atoms with E-state index in [1.54, 1.807) is 20.4 Å². The minimum Gasteiger partial charge on any atom is -0.493 e. The van der Waals surface area contributed by atoms with Gasteiger partial charge >= 0.3 is 0 Å². The van der Waals surface area contributed by atoms with Gasteiger partial charge in [0.2, 0.25) is 0 Å². The third-order valence-electron chi connectivity index (χ3n) is 4.15. The van der Waals surface area contributed by atoms with Gasteiger partial charge in [-0.1, -0.05) is 0 Å². The number of anilines is 1. The van der Waals surface area contributed by atoms with E-state index in [1.807, 2.05) is 43.7 Å². The average molecular weight is 352 g/mol. The molecule has 3 rings (SSSR count). The molecule has 0 fully saturated rings. The summed E-state index contributed by atoms with van der Waals surface area (Å²) in [7, 11) is 3.30. The van der Waals surface area contributed by atoms with Crippen molar-refractivity contribution in [3.63, 3.8) is 0 Å². The van der Waals surface area contributed by atoms with Crippen molar-refractivity contribution < 1.29 is 9.47 Å². The van der Waals surface area contributed by atoms with Gasteiger partial charge in [-0.15, -0.1) is 0 Å². The number of hydrogen-bond acceptors (Lipinski definition) is 5. The lowest BCUT2D eigenvalue weighted by molar-refractivity contribution is 0.355. The lowest BCUT2D eigenvalue weighted by atomic mass is 10.1. The van der Waals surface area contributed by atoms with Crippen LogP contribution < -0.4 is 14.8 Å². The van der Waals surface area contributed by atoms with Crippen LogP contribution in [0.5, 0.6) is 11.5 Å². The second-order valence-electron chi connectivity index (χ2n) is 6.01. The van der Waals surface area contributed by atoms with Crippen LogP contribution in [0.15, 0.2) is 49.1 Å². The summed E-state index contributed by atoms with van der Waals surface area (Å²) in [6, 6.07) is 7.98. The maximum Gasteiger partial charge on any atom is 0.171 e. The van der Waals surface area contributed by atoms with Gasteiger partial charge in [0.15, 0.2) is 11.5 Å². The topological polar surface area (TPSA) is 61.2 Å². The van der Waals surface area contributed by atoms with Gasteiger partial charge in [-0.2, -0.15) is 0 Å². The number of imidazole rings is 1. The van der Waals surface area contributed by atoms with Crippen LogP contribution in [0, 0.1) is 6.92 Å². The van der Waals surface area contributed by atoms with Gasteiger partial charge in [-0.25, -0.2) is 4.98 Å². The summed E-state index contributed by atoms with van der Waals surface area (Å²) in [5.74, 6) is 2.31. The molecule has 2 heterocycles. The first-order valence-corrected chi connectivity index (χ1v) is 8.61. The first kappa shape index (κ1) is 17.8. The molecule has 0 aliphatic rings. The number of hydrogen-bond donors (Lipinski definition) is 1. The normalized spacial score (nSPS) is 10.6. The van der Waals surface area contributed by atoms with E-state index in [1.165, 1.54) is 0 Å². The first-order chi connectivity index (χ1) is 12.7. The Morgan fingerprint density at radius 1 is 1.15 bits per heavy atom. The molecule has 1 N–H and O–H groups in total. The van der Waals surface area contributed by atoms with E-state index in [9.17, 15) is 0 Å². The Balaban J connectivity index is 1.73. The van der Waals surface area contributed by atoms with Crippen LogP contribution in [0.25, 0.3) is 11.4 Å². The number of aromatic nitrogens is 3. The summed E-state index contributed by atoms with van der Waals surface area (Å²) in [5.41, 5.74) is 3.07. The molecule has 0 saturated carbocycles. The van der Waals surface area contributed by atoms with Gasteiger partial charge in [0.25, 0.3) is 0 Å². The maximum absolute atomic E-state index is 5.59. The zero-order valence-corrected chi connectivity index (χ0v) is 15.4. The summed E-state index contributed by atoms with van der Waals surface area (Å²) < 4.78 is 13.2. The molecule has 0 bridgehead atoms. The number of benzene rings is 1. The van der Waals surface area contributed by atoms with Crippen molar-refractivity contribution in [2.75, 3.05) is 26.1 Å². The van der Waals surface area contributed by atoms with E-state index in [0.29, 0.717) is 5.75 Å². The van der Waals surface area contributed by atoms with Crippen molar-refractivity contribution in [1.82, 2.24) is 14.5 Å². The highest BCUT2D eigenvalue weighted by molar-refractivity contribution is 5.70. The highest BCUT2D eigenvalue weighted by Crippen LogP contribution is 2.38. The van der Waals surface area contributed by atoms with Crippen LogP contribution in [0.1, 0.15) is 12.0 Å². The molecule has 0 saturated heterocycles. The molecule has 26 heavy (non-hydrogen) atoms. The van der Waals surface area contributed by atoms with E-state index in [4.69, 9.17) is 9.47 Å². The zero-order valence-electron chi connectivity index (χ0n) is 15.4. The quantitative estimate of drug-likeness (QED) is 0.625. The van der Waals surface area contributed by atoms with E-state index in [0.717, 1.165) is 47.9 Å². The van der Waals surface area contributed by atoms with Crippen molar-refractivity contribution in [1.29, 1.82) is 0 Å². The molecule has 0 spiro atoms. The van der Waals surface area contributed by atoms with Crippen LogP contribution in [-0.4, -0.2) is 35.3 Å². The molecule has 0 unspecified atom stereocenters. The Hall–Kier alpha value is -3.02. The summed E-state index contributed by atoms with van der Waals surface area (Å²) in [6.07, 6.45) is 8.37. The van der Waals surface area contributed by atoms with Crippen LogP contribution >= 0.6 is 0 Å². The number of nitrogens with one attached hydrogen (secondary N) is 1. The number of ether oxygens (including phenoxy) is 2. The number of pyridine rings is 1. The summed E-state index contributed by atoms with van der Waals surface area (Å²) in [4.78, 5) is 8.65. The minimum atomic E-state index is 0.707. The van der Waals surface area contributed by atoms with Gasteiger partial charge in [0.05, 0.1) is 25.5 Å². The lowest BCUT2D eigenvalue weighted by Crippen LogP contribution is -2.08. The number of aryl methyl sites for hydroxylation is 2. The van der Waals surface area contributed by atoms with Crippen LogP contribution in [0.3, 0.4) is 0 Å². The van der Waals surface area contributed by atoms with Crippen molar-refractivity contribution in [2.45, 2.75) is 19.9 Å². The fourth-order valence-electron chi connectivity index (χ4n) is 2.95. The largest absolute Gasteiger partial charge is 0.493 e. The van der Waals surface area contributed by atoms with Gasteiger partial charge < -0.3 is 19.4 Å². The average Bonchev–Trinajstić information content (AvgIpc) is 3.13. The number of methoxy groups -OCH3 is 2.